The molecule has 3 aliphatic carbocycles. The maximum Gasteiger partial charge on any atom is -0.0129 e. The van der Waals surface area contributed by atoms with Crippen LogP contribution in [0.5, 0.6) is 0 Å². The largest absolute Gasteiger partial charge is 0.0958 e. The molecule has 3 rings (SSSR count). The number of rotatable bonds is 5. The Labute approximate surface area is 125 Å². The zero-order chi connectivity index (χ0) is 14.7. The van der Waals surface area contributed by atoms with Crippen LogP contribution >= 0.6 is 0 Å². The summed E-state index contributed by atoms with van der Waals surface area (Å²) in [6, 6.07) is 0. The maximum atomic E-state index is 4.45. The van der Waals surface area contributed by atoms with Gasteiger partial charge < -0.3 is 0 Å². The molecule has 0 heteroatoms. The lowest BCUT2D eigenvalue weighted by Gasteiger charge is -2.38. The molecule has 112 valence electrons. The number of fused-ring (bicyclic) bond motifs is 1. The van der Waals surface area contributed by atoms with Crippen molar-refractivity contribution < 1.29 is 0 Å². The first-order valence-electron chi connectivity index (χ1n) is 8.68. The third-order valence-electron chi connectivity index (χ3n) is 7.11. The molecule has 5 atom stereocenters. The van der Waals surface area contributed by atoms with Crippen LogP contribution in [0.4, 0.5) is 0 Å². The predicted octanol–water partition coefficient (Wildman–Crippen LogP) is 5.85. The Morgan fingerprint density at radius 3 is 2.35 bits per heavy atom. The Balaban J connectivity index is 1.80. The summed E-state index contributed by atoms with van der Waals surface area (Å²) >= 11 is 0. The van der Waals surface area contributed by atoms with Crippen LogP contribution < -0.4 is 0 Å². The van der Waals surface area contributed by atoms with E-state index in [1.807, 2.05) is 0 Å². The molecule has 5 unspecified atom stereocenters. The molecule has 0 saturated heterocycles. The standard InChI is InChI=1S/C20H32/c1-12(2)14(4)16(11-15-8-7-9-15)18-13(3)10-17-19(18)20(17,5)6/h13,15-19H,1,4,7-11H2,2-3,5-6H3. The lowest BCUT2D eigenvalue weighted by Crippen LogP contribution is -2.29. The van der Waals surface area contributed by atoms with Gasteiger partial charge in [-0.25, -0.2) is 0 Å². The minimum Gasteiger partial charge on any atom is -0.0958 e. The monoisotopic (exact) mass is 272 g/mol. The van der Waals surface area contributed by atoms with E-state index in [-0.39, 0.29) is 0 Å². The molecule has 3 saturated carbocycles. The third-order valence-corrected chi connectivity index (χ3v) is 7.11. The quantitative estimate of drug-likeness (QED) is 0.550. The Hall–Kier alpha value is -0.520. The van der Waals surface area contributed by atoms with Gasteiger partial charge in [0.2, 0.25) is 0 Å². The molecular weight excluding hydrogens is 240 g/mol. The van der Waals surface area contributed by atoms with E-state index in [9.17, 15) is 0 Å². The molecule has 0 bridgehead atoms. The normalized spacial score (nSPS) is 39.8. The van der Waals surface area contributed by atoms with Crippen LogP contribution in [0.1, 0.15) is 59.8 Å². The zero-order valence-electron chi connectivity index (χ0n) is 13.9. The summed E-state index contributed by atoms with van der Waals surface area (Å²) < 4.78 is 0. The van der Waals surface area contributed by atoms with Crippen molar-refractivity contribution in [1.82, 2.24) is 0 Å². The van der Waals surface area contributed by atoms with E-state index in [0.717, 1.165) is 29.6 Å². The van der Waals surface area contributed by atoms with Gasteiger partial charge in [0.25, 0.3) is 0 Å². The molecule has 0 amide bonds. The molecule has 0 aromatic carbocycles. The minimum atomic E-state index is 0.602. The molecule has 3 aliphatic rings. The van der Waals surface area contributed by atoms with Gasteiger partial charge in [-0.1, -0.05) is 58.8 Å². The predicted molar refractivity (Wildman–Crippen MR) is 87.4 cm³/mol. The summed E-state index contributed by atoms with van der Waals surface area (Å²) in [6.07, 6.45) is 7.21. The highest BCUT2D eigenvalue weighted by molar-refractivity contribution is 5.29. The van der Waals surface area contributed by atoms with Crippen LogP contribution in [0.3, 0.4) is 0 Å². The van der Waals surface area contributed by atoms with Crippen LogP contribution in [-0.4, -0.2) is 0 Å². The first kappa shape index (κ1) is 14.4. The van der Waals surface area contributed by atoms with E-state index in [1.54, 1.807) is 0 Å². The Kier molecular flexibility index (Phi) is 3.42. The summed E-state index contributed by atoms with van der Waals surface area (Å²) in [5.41, 5.74) is 3.20. The average molecular weight is 272 g/mol. The fourth-order valence-corrected chi connectivity index (χ4v) is 5.50. The first-order valence-corrected chi connectivity index (χ1v) is 8.68. The van der Waals surface area contributed by atoms with Gasteiger partial charge in [-0.2, -0.15) is 0 Å². The van der Waals surface area contributed by atoms with Crippen molar-refractivity contribution in [3.63, 3.8) is 0 Å². The third kappa shape index (κ3) is 2.11. The van der Waals surface area contributed by atoms with Crippen molar-refractivity contribution in [1.29, 1.82) is 0 Å². The summed E-state index contributed by atoms with van der Waals surface area (Å²) in [5.74, 6) is 5.40. The van der Waals surface area contributed by atoms with E-state index in [1.165, 1.54) is 43.3 Å². The smallest absolute Gasteiger partial charge is 0.0129 e. The van der Waals surface area contributed by atoms with Crippen LogP contribution in [0, 0.1) is 40.9 Å². The first-order chi connectivity index (χ1) is 9.34. The van der Waals surface area contributed by atoms with Crippen molar-refractivity contribution >= 4 is 0 Å². The van der Waals surface area contributed by atoms with Crippen molar-refractivity contribution in [3.8, 4) is 0 Å². The van der Waals surface area contributed by atoms with Gasteiger partial charge in [-0.3, -0.25) is 0 Å². The molecule has 0 aliphatic heterocycles. The zero-order valence-corrected chi connectivity index (χ0v) is 13.9. The summed E-state index contributed by atoms with van der Waals surface area (Å²) in [7, 11) is 0. The van der Waals surface area contributed by atoms with Gasteiger partial charge in [-0.05, 0) is 66.3 Å². The summed E-state index contributed by atoms with van der Waals surface area (Å²) in [4.78, 5) is 0. The molecule has 0 aromatic heterocycles. The Bertz CT molecular complexity index is 423. The summed E-state index contributed by atoms with van der Waals surface area (Å²) in [5, 5.41) is 0. The van der Waals surface area contributed by atoms with E-state index in [2.05, 4.69) is 40.9 Å². The topological polar surface area (TPSA) is 0 Å². The van der Waals surface area contributed by atoms with Gasteiger partial charge in [0, 0.05) is 0 Å². The minimum absolute atomic E-state index is 0.602. The Morgan fingerprint density at radius 2 is 1.90 bits per heavy atom. The van der Waals surface area contributed by atoms with Crippen LogP contribution in [0.2, 0.25) is 0 Å². The number of hydrogen-bond donors (Lipinski definition) is 0. The fraction of sp³-hybridized carbons (Fsp3) is 0.800. The fourth-order valence-electron chi connectivity index (χ4n) is 5.50. The van der Waals surface area contributed by atoms with Crippen molar-refractivity contribution in [2.45, 2.75) is 59.8 Å². The van der Waals surface area contributed by atoms with Crippen molar-refractivity contribution in [2.24, 2.45) is 40.9 Å². The maximum absolute atomic E-state index is 4.45. The van der Waals surface area contributed by atoms with Crippen LogP contribution in [0.15, 0.2) is 24.3 Å². The van der Waals surface area contributed by atoms with Gasteiger partial charge in [0.05, 0.1) is 0 Å². The molecule has 0 spiro atoms. The molecule has 0 heterocycles. The second-order valence-electron chi connectivity index (χ2n) is 8.69. The van der Waals surface area contributed by atoms with Gasteiger partial charge in [-0.15, -0.1) is 0 Å². The molecule has 0 nitrogen and oxygen atoms in total. The second kappa shape index (κ2) is 4.75. The van der Waals surface area contributed by atoms with Gasteiger partial charge >= 0.3 is 0 Å². The van der Waals surface area contributed by atoms with Crippen LogP contribution in [0.25, 0.3) is 0 Å². The molecule has 3 fully saturated rings. The molecule has 0 N–H and O–H groups in total. The van der Waals surface area contributed by atoms with E-state index >= 15 is 0 Å². The molecular formula is C20H32. The number of hydrogen-bond acceptors (Lipinski definition) is 0. The van der Waals surface area contributed by atoms with E-state index in [4.69, 9.17) is 0 Å². The van der Waals surface area contributed by atoms with Gasteiger partial charge in [0.1, 0.15) is 0 Å². The van der Waals surface area contributed by atoms with Crippen molar-refractivity contribution in [3.05, 3.63) is 24.3 Å². The number of allylic oxidation sites excluding steroid dienone is 2. The second-order valence-corrected chi connectivity index (χ2v) is 8.69. The lowest BCUT2D eigenvalue weighted by atomic mass is 9.67. The van der Waals surface area contributed by atoms with Gasteiger partial charge in [0.15, 0.2) is 0 Å². The van der Waals surface area contributed by atoms with E-state index < -0.39 is 0 Å². The highest BCUT2D eigenvalue weighted by atomic mass is 14.7. The van der Waals surface area contributed by atoms with Crippen molar-refractivity contribution in [2.75, 3.05) is 0 Å². The molecule has 20 heavy (non-hydrogen) atoms. The lowest BCUT2D eigenvalue weighted by molar-refractivity contribution is 0.168. The van der Waals surface area contributed by atoms with Crippen LogP contribution in [-0.2, 0) is 0 Å². The highest BCUT2D eigenvalue weighted by Crippen LogP contribution is 2.72. The summed E-state index contributed by atoms with van der Waals surface area (Å²) in [6.45, 7) is 18.3. The van der Waals surface area contributed by atoms with E-state index in [0.29, 0.717) is 11.3 Å². The molecule has 0 radical (unpaired) electrons. The average Bonchev–Trinajstić information content (AvgIpc) is 2.68. The highest BCUT2D eigenvalue weighted by Gasteiger charge is 2.67. The molecule has 0 aromatic rings. The Morgan fingerprint density at radius 1 is 1.25 bits per heavy atom. The SMILES string of the molecule is C=C(C)C(=C)C(CC1CCC1)C1C(C)CC2C1C2(C)C.